The highest BCUT2D eigenvalue weighted by Gasteiger charge is 2.34. The van der Waals surface area contributed by atoms with E-state index in [0.29, 0.717) is 11.3 Å². The van der Waals surface area contributed by atoms with Crippen LogP contribution < -0.4 is 5.32 Å². The first-order valence-corrected chi connectivity index (χ1v) is 10.4. The van der Waals surface area contributed by atoms with Gasteiger partial charge in [-0.2, -0.15) is 18.3 Å². The Labute approximate surface area is 168 Å². The minimum atomic E-state index is -4.54. The fourth-order valence-electron chi connectivity index (χ4n) is 3.13. The van der Waals surface area contributed by atoms with E-state index in [2.05, 4.69) is 10.4 Å². The molecule has 2 aromatic carbocycles. The number of aromatic nitrogens is 2. The van der Waals surface area contributed by atoms with Gasteiger partial charge in [0.15, 0.2) is 9.84 Å². The molecule has 0 bridgehead atoms. The van der Waals surface area contributed by atoms with Crippen molar-refractivity contribution in [2.75, 3.05) is 5.32 Å². The number of nitrogens with zero attached hydrogens (tertiary/aromatic N) is 2. The number of carbonyl (C=O) groups excluding carboxylic acids is 1. The van der Waals surface area contributed by atoms with E-state index in [0.717, 1.165) is 24.3 Å². The summed E-state index contributed by atoms with van der Waals surface area (Å²) in [4.78, 5) is 12.6. The van der Waals surface area contributed by atoms with Crippen LogP contribution in [0.4, 0.5) is 23.4 Å². The fraction of sp³-hybridized carbons (Fsp3) is 0.158. The van der Waals surface area contributed by atoms with Gasteiger partial charge in [-0.3, -0.25) is 4.79 Å². The smallest absolute Gasteiger partial charge is 0.306 e. The van der Waals surface area contributed by atoms with Crippen molar-refractivity contribution in [1.29, 1.82) is 0 Å². The maximum Gasteiger partial charge on any atom is 0.416 e. The van der Waals surface area contributed by atoms with Gasteiger partial charge in [-0.25, -0.2) is 17.5 Å². The zero-order chi connectivity index (χ0) is 21.7. The van der Waals surface area contributed by atoms with E-state index < -0.39 is 33.3 Å². The highest BCUT2D eigenvalue weighted by molar-refractivity contribution is 7.90. The molecule has 6 nitrogen and oxygen atoms in total. The lowest BCUT2D eigenvalue weighted by molar-refractivity contribution is -0.137. The highest BCUT2D eigenvalue weighted by atomic mass is 32.2. The molecule has 0 saturated heterocycles. The summed E-state index contributed by atoms with van der Waals surface area (Å²) in [7, 11) is -3.42. The molecule has 156 valence electrons. The molecule has 0 unspecified atom stereocenters. The van der Waals surface area contributed by atoms with Crippen molar-refractivity contribution in [3.63, 3.8) is 0 Å². The molecule has 0 spiro atoms. The maximum absolute atomic E-state index is 13.3. The molecule has 0 fully saturated rings. The molecule has 11 heteroatoms. The fourth-order valence-corrected chi connectivity index (χ4v) is 4.62. The van der Waals surface area contributed by atoms with Crippen LogP contribution in [0, 0.1) is 5.82 Å². The van der Waals surface area contributed by atoms with Gasteiger partial charge in [0.2, 0.25) is 0 Å². The second-order valence-corrected chi connectivity index (χ2v) is 8.79. The first-order chi connectivity index (χ1) is 14.0. The molecule has 1 amide bonds. The van der Waals surface area contributed by atoms with E-state index in [4.69, 9.17) is 0 Å². The average molecular weight is 439 g/mol. The number of benzene rings is 2. The molecule has 4 rings (SSSR count). The van der Waals surface area contributed by atoms with Gasteiger partial charge in [-0.1, -0.05) is 0 Å². The maximum atomic E-state index is 13.3. The van der Waals surface area contributed by atoms with Crippen LogP contribution >= 0.6 is 0 Å². The number of alkyl halides is 3. The number of amides is 1. The number of fused-ring (bicyclic) bond motifs is 1. The third kappa shape index (κ3) is 3.80. The van der Waals surface area contributed by atoms with E-state index in [1.807, 2.05) is 0 Å². The Balaban J connectivity index is 1.71. The van der Waals surface area contributed by atoms with Crippen LogP contribution in [0.1, 0.15) is 27.2 Å². The Hall–Kier alpha value is -3.21. The Kier molecular flexibility index (Phi) is 4.64. The van der Waals surface area contributed by atoms with Crippen LogP contribution in [-0.2, 0) is 27.5 Å². The molecule has 2 heterocycles. The Bertz CT molecular complexity index is 1230. The molecule has 3 aromatic rings. The van der Waals surface area contributed by atoms with Crippen molar-refractivity contribution in [3.8, 4) is 5.69 Å². The SMILES string of the molecule is O=C(Nc1c2c(nn1-c1ccc(F)cc1)CS(=O)(=O)C2)c1ccc(C(F)(F)F)cc1. The first-order valence-electron chi connectivity index (χ1n) is 8.59. The molecule has 0 radical (unpaired) electrons. The standard InChI is InChI=1S/C19H13F4N3O3S/c20-13-5-7-14(8-6-13)26-17(15-9-30(28,29)10-16(15)25-26)24-18(27)11-1-3-12(4-2-11)19(21,22)23/h1-8H,9-10H2,(H,24,27). The molecule has 0 atom stereocenters. The number of carbonyl (C=O) groups is 1. The van der Waals surface area contributed by atoms with Gasteiger partial charge in [0.1, 0.15) is 11.6 Å². The molecule has 0 saturated carbocycles. The third-order valence-electron chi connectivity index (χ3n) is 4.57. The van der Waals surface area contributed by atoms with Gasteiger partial charge in [-0.05, 0) is 48.5 Å². The number of nitrogens with one attached hydrogen (secondary N) is 1. The summed E-state index contributed by atoms with van der Waals surface area (Å²) in [5.41, 5.74) is -0.0283. The van der Waals surface area contributed by atoms with E-state index in [1.165, 1.54) is 28.9 Å². The summed E-state index contributed by atoms with van der Waals surface area (Å²) in [6.45, 7) is 0. The van der Waals surface area contributed by atoms with E-state index in [1.54, 1.807) is 0 Å². The molecular weight excluding hydrogens is 426 g/mol. The summed E-state index contributed by atoms with van der Waals surface area (Å²) < 4.78 is 76.6. The predicted molar refractivity (Wildman–Crippen MR) is 99.2 cm³/mol. The summed E-state index contributed by atoms with van der Waals surface area (Å²) in [5.74, 6) is -1.80. The van der Waals surface area contributed by atoms with E-state index in [-0.39, 0.29) is 28.6 Å². The first kappa shape index (κ1) is 20.1. The second kappa shape index (κ2) is 6.94. The molecular formula is C19H13F4N3O3S. The van der Waals surface area contributed by atoms with Crippen LogP contribution in [0.25, 0.3) is 5.69 Å². The summed E-state index contributed by atoms with van der Waals surface area (Å²) in [6, 6.07) is 8.77. The summed E-state index contributed by atoms with van der Waals surface area (Å²) in [5, 5.41) is 6.77. The van der Waals surface area contributed by atoms with Gasteiger partial charge in [0, 0.05) is 11.1 Å². The quantitative estimate of drug-likeness (QED) is 0.631. The lowest BCUT2D eigenvalue weighted by atomic mass is 10.1. The van der Waals surface area contributed by atoms with Gasteiger partial charge in [-0.15, -0.1) is 0 Å². The predicted octanol–water partition coefficient (Wildman–Crippen LogP) is 3.71. The van der Waals surface area contributed by atoms with Crippen LogP contribution in [0.15, 0.2) is 48.5 Å². The Morgan fingerprint density at radius 3 is 2.23 bits per heavy atom. The topological polar surface area (TPSA) is 81.1 Å². The zero-order valence-electron chi connectivity index (χ0n) is 15.1. The van der Waals surface area contributed by atoms with Crippen LogP contribution in [-0.4, -0.2) is 24.1 Å². The normalized spacial score (nSPS) is 15.1. The number of halogens is 4. The van der Waals surface area contributed by atoms with Crippen LogP contribution in [0.5, 0.6) is 0 Å². The number of hydrogen-bond acceptors (Lipinski definition) is 4. The molecule has 1 N–H and O–H groups in total. The third-order valence-corrected chi connectivity index (χ3v) is 6.01. The number of anilines is 1. The van der Waals surface area contributed by atoms with Crippen molar-refractivity contribution in [1.82, 2.24) is 9.78 Å². The van der Waals surface area contributed by atoms with Crippen LogP contribution in [0.3, 0.4) is 0 Å². The van der Waals surface area contributed by atoms with Gasteiger partial charge < -0.3 is 5.32 Å². The van der Waals surface area contributed by atoms with Crippen molar-refractivity contribution < 1.29 is 30.8 Å². The van der Waals surface area contributed by atoms with Crippen molar-refractivity contribution in [3.05, 3.63) is 76.7 Å². The minimum Gasteiger partial charge on any atom is -0.306 e. The van der Waals surface area contributed by atoms with Gasteiger partial charge in [0.05, 0.1) is 28.5 Å². The highest BCUT2D eigenvalue weighted by Crippen LogP contribution is 2.33. The van der Waals surface area contributed by atoms with Gasteiger partial charge in [0.25, 0.3) is 5.91 Å². The van der Waals surface area contributed by atoms with Crippen molar-refractivity contribution in [2.45, 2.75) is 17.7 Å². The largest absolute Gasteiger partial charge is 0.416 e. The molecule has 1 aliphatic heterocycles. The summed E-state index contributed by atoms with van der Waals surface area (Å²) >= 11 is 0. The van der Waals surface area contributed by atoms with E-state index in [9.17, 15) is 30.8 Å². The zero-order valence-corrected chi connectivity index (χ0v) is 15.9. The number of sulfone groups is 1. The lowest BCUT2D eigenvalue weighted by Crippen LogP contribution is -2.17. The second-order valence-electron chi connectivity index (χ2n) is 6.72. The average Bonchev–Trinajstić information content (AvgIpc) is 3.14. The molecule has 1 aromatic heterocycles. The van der Waals surface area contributed by atoms with Crippen LogP contribution in [0.2, 0.25) is 0 Å². The van der Waals surface area contributed by atoms with Gasteiger partial charge >= 0.3 is 6.18 Å². The van der Waals surface area contributed by atoms with E-state index >= 15 is 0 Å². The molecule has 0 aliphatic carbocycles. The summed E-state index contributed by atoms with van der Waals surface area (Å²) in [6.07, 6.45) is -4.54. The molecule has 1 aliphatic rings. The Morgan fingerprint density at radius 2 is 1.63 bits per heavy atom. The number of hydrogen-bond donors (Lipinski definition) is 1. The monoisotopic (exact) mass is 439 g/mol. The number of rotatable bonds is 3. The lowest BCUT2D eigenvalue weighted by Gasteiger charge is -2.12. The Morgan fingerprint density at radius 1 is 1.00 bits per heavy atom. The van der Waals surface area contributed by atoms with Crippen molar-refractivity contribution in [2.24, 2.45) is 0 Å². The van der Waals surface area contributed by atoms with Crippen molar-refractivity contribution >= 4 is 21.6 Å². The molecule has 30 heavy (non-hydrogen) atoms. The minimum absolute atomic E-state index is 0.0514.